The molecule has 3 heteroatoms. The largest absolute Gasteiger partial charge is 0.364 e. The number of rotatable bonds is 4. The van der Waals surface area contributed by atoms with Crippen molar-refractivity contribution in [1.82, 2.24) is 9.97 Å². The number of aromatic amines is 2. The fourth-order valence-corrected chi connectivity index (χ4v) is 3.16. The van der Waals surface area contributed by atoms with Gasteiger partial charge in [0, 0.05) is 40.5 Å². The van der Waals surface area contributed by atoms with Crippen LogP contribution in [0.5, 0.6) is 0 Å². The highest BCUT2D eigenvalue weighted by atomic mass is 16.1. The zero-order valence-corrected chi connectivity index (χ0v) is 15.8. The summed E-state index contributed by atoms with van der Waals surface area (Å²) in [5, 5.41) is 0. The molecule has 4 rings (SSSR count). The Kier molecular flexibility index (Phi) is 6.50. The molecule has 0 bridgehead atoms. The van der Waals surface area contributed by atoms with Gasteiger partial charge < -0.3 is 9.97 Å². The second-order valence-electron chi connectivity index (χ2n) is 6.26. The minimum absolute atomic E-state index is 0.109. The van der Waals surface area contributed by atoms with Gasteiger partial charge in [0.25, 0.3) is 0 Å². The highest BCUT2D eigenvalue weighted by Gasteiger charge is 2.20. The second kappa shape index (κ2) is 9.65. The molecule has 0 aliphatic rings. The minimum atomic E-state index is 0.109. The maximum Gasteiger partial charge on any atom is 0.151 e. The van der Waals surface area contributed by atoms with Crippen molar-refractivity contribution in [2.24, 2.45) is 0 Å². The lowest BCUT2D eigenvalue weighted by atomic mass is 9.89. The summed E-state index contributed by atoms with van der Waals surface area (Å²) in [7, 11) is 0. The first kappa shape index (κ1) is 19.5. The van der Waals surface area contributed by atoms with Crippen LogP contribution in [0.4, 0.5) is 0 Å². The molecule has 0 fully saturated rings. The van der Waals surface area contributed by atoms with E-state index in [1.165, 1.54) is 0 Å². The molecule has 2 aromatic carbocycles. The van der Waals surface area contributed by atoms with E-state index in [0.29, 0.717) is 11.1 Å². The van der Waals surface area contributed by atoms with Gasteiger partial charge in [0.15, 0.2) is 6.29 Å². The van der Waals surface area contributed by atoms with Crippen LogP contribution in [-0.2, 0) is 0 Å². The van der Waals surface area contributed by atoms with Crippen LogP contribution >= 0.6 is 0 Å². The van der Waals surface area contributed by atoms with Crippen LogP contribution in [0.25, 0.3) is 0 Å². The van der Waals surface area contributed by atoms with Crippen LogP contribution in [0.1, 0.15) is 44.4 Å². The van der Waals surface area contributed by atoms with Gasteiger partial charge in [-0.25, -0.2) is 0 Å². The average Bonchev–Trinajstić information content (AvgIpc) is 3.50. The van der Waals surface area contributed by atoms with Crippen LogP contribution in [0, 0.1) is 24.7 Å². The van der Waals surface area contributed by atoms with Crippen LogP contribution < -0.4 is 0 Å². The SMILES string of the molecule is C#Cc1ccccc1C(c1ccc[nH]1)c1ccc[nH]1.C#Cc1ccccc1C=O. The molecular weight excluding hydrogens is 356 g/mol. The van der Waals surface area contributed by atoms with Gasteiger partial charge in [-0.05, 0) is 42.0 Å². The molecule has 0 aliphatic heterocycles. The summed E-state index contributed by atoms with van der Waals surface area (Å²) in [6.45, 7) is 0. The molecule has 2 N–H and O–H groups in total. The summed E-state index contributed by atoms with van der Waals surface area (Å²) >= 11 is 0. The topological polar surface area (TPSA) is 48.6 Å². The zero-order chi connectivity index (χ0) is 20.5. The molecule has 0 radical (unpaired) electrons. The van der Waals surface area contributed by atoms with Gasteiger partial charge in [-0.1, -0.05) is 48.2 Å². The van der Waals surface area contributed by atoms with Crippen molar-refractivity contribution < 1.29 is 4.79 Å². The highest BCUT2D eigenvalue weighted by molar-refractivity contribution is 5.79. The normalized spacial score (nSPS) is 9.76. The number of hydrogen-bond donors (Lipinski definition) is 2. The summed E-state index contributed by atoms with van der Waals surface area (Å²) < 4.78 is 0. The molecule has 2 aromatic heterocycles. The number of H-pyrrole nitrogens is 2. The predicted octanol–water partition coefficient (Wildman–Crippen LogP) is 4.98. The predicted molar refractivity (Wildman–Crippen MR) is 117 cm³/mol. The van der Waals surface area contributed by atoms with Gasteiger partial charge in [0.1, 0.15) is 0 Å². The van der Waals surface area contributed by atoms with Gasteiger partial charge in [-0.3, -0.25) is 4.79 Å². The van der Waals surface area contributed by atoms with Crippen LogP contribution in [0.2, 0.25) is 0 Å². The summed E-state index contributed by atoms with van der Waals surface area (Å²) in [5.41, 5.74) is 5.55. The number of hydrogen-bond acceptors (Lipinski definition) is 1. The number of terminal acetylenes is 2. The molecule has 0 aliphatic carbocycles. The van der Waals surface area contributed by atoms with Gasteiger partial charge in [0.05, 0.1) is 5.92 Å². The maximum atomic E-state index is 10.3. The monoisotopic (exact) mass is 376 g/mol. The van der Waals surface area contributed by atoms with Crippen molar-refractivity contribution >= 4 is 6.29 Å². The van der Waals surface area contributed by atoms with Crippen LogP contribution in [-0.4, -0.2) is 16.3 Å². The molecular formula is C26H20N2O. The lowest BCUT2D eigenvalue weighted by molar-refractivity contribution is 0.112. The lowest BCUT2D eigenvalue weighted by Crippen LogP contribution is -2.06. The Bertz CT molecular complexity index is 1110. The molecule has 29 heavy (non-hydrogen) atoms. The number of aromatic nitrogens is 2. The van der Waals surface area contributed by atoms with E-state index in [0.717, 1.165) is 28.8 Å². The molecule has 3 nitrogen and oxygen atoms in total. The van der Waals surface area contributed by atoms with Crippen molar-refractivity contribution in [1.29, 1.82) is 0 Å². The van der Waals surface area contributed by atoms with Crippen molar-refractivity contribution in [3.63, 3.8) is 0 Å². The van der Waals surface area contributed by atoms with Gasteiger partial charge in [-0.2, -0.15) is 0 Å². The molecule has 0 saturated heterocycles. The average molecular weight is 376 g/mol. The molecule has 140 valence electrons. The Morgan fingerprint density at radius 2 is 1.28 bits per heavy atom. The number of carbonyl (C=O) groups excluding carboxylic acids is 1. The third-order valence-corrected chi connectivity index (χ3v) is 4.54. The first-order valence-corrected chi connectivity index (χ1v) is 9.11. The third kappa shape index (κ3) is 4.56. The molecule has 2 heterocycles. The maximum absolute atomic E-state index is 10.3. The van der Waals surface area contributed by atoms with Crippen LogP contribution in [0.3, 0.4) is 0 Å². The molecule has 4 aromatic rings. The summed E-state index contributed by atoms with van der Waals surface area (Å²) in [5.74, 6) is 5.30. The van der Waals surface area contributed by atoms with E-state index in [1.807, 2.05) is 48.8 Å². The number of nitrogens with one attached hydrogen (secondary N) is 2. The Morgan fingerprint density at radius 3 is 1.76 bits per heavy atom. The molecule has 0 saturated carbocycles. The number of aldehydes is 1. The minimum Gasteiger partial charge on any atom is -0.364 e. The molecule has 0 spiro atoms. The van der Waals surface area contributed by atoms with Crippen molar-refractivity contribution in [3.8, 4) is 24.7 Å². The zero-order valence-electron chi connectivity index (χ0n) is 15.8. The van der Waals surface area contributed by atoms with Crippen LogP contribution in [0.15, 0.2) is 85.2 Å². The van der Waals surface area contributed by atoms with E-state index in [9.17, 15) is 4.79 Å². The van der Waals surface area contributed by atoms with Gasteiger partial charge in [-0.15, -0.1) is 12.8 Å². The van der Waals surface area contributed by atoms with Gasteiger partial charge >= 0.3 is 0 Å². The smallest absolute Gasteiger partial charge is 0.151 e. The first-order chi connectivity index (χ1) is 14.3. The van der Waals surface area contributed by atoms with Crippen molar-refractivity contribution in [2.45, 2.75) is 5.92 Å². The molecule has 0 atom stereocenters. The quantitative estimate of drug-likeness (QED) is 0.383. The third-order valence-electron chi connectivity index (χ3n) is 4.54. The fraction of sp³-hybridized carbons (Fsp3) is 0.0385. The summed E-state index contributed by atoms with van der Waals surface area (Å²) in [4.78, 5) is 16.9. The van der Waals surface area contributed by atoms with E-state index < -0.39 is 0 Å². The summed E-state index contributed by atoms with van der Waals surface area (Å²) in [6, 6.07) is 23.3. The van der Waals surface area contributed by atoms with Crippen molar-refractivity contribution in [3.05, 3.63) is 119 Å². The molecule has 0 amide bonds. The Hall–Kier alpha value is -4.21. The van der Waals surface area contributed by atoms with E-state index in [2.05, 4.69) is 40.0 Å². The molecule has 0 unspecified atom stereocenters. The Balaban J connectivity index is 0.000000204. The highest BCUT2D eigenvalue weighted by Crippen LogP contribution is 2.31. The second-order valence-corrected chi connectivity index (χ2v) is 6.26. The standard InChI is InChI=1S/C17H14N2.C9H6O/c1-2-13-7-3-4-8-14(13)17(15-9-5-11-18-15)16-10-6-12-19-16;1-2-8-5-3-4-6-9(8)7-10/h1,3-12,17-19H;1,3-7H. The van der Waals surface area contributed by atoms with Gasteiger partial charge in [0.2, 0.25) is 0 Å². The van der Waals surface area contributed by atoms with Crippen molar-refractivity contribution in [2.75, 3.05) is 0 Å². The number of benzene rings is 2. The van der Waals surface area contributed by atoms with E-state index >= 15 is 0 Å². The summed E-state index contributed by atoms with van der Waals surface area (Å²) in [6.07, 6.45) is 15.4. The lowest BCUT2D eigenvalue weighted by Gasteiger charge is -2.17. The van der Waals surface area contributed by atoms with E-state index in [1.54, 1.807) is 18.2 Å². The fourth-order valence-electron chi connectivity index (χ4n) is 3.16. The Labute approximate surface area is 170 Å². The first-order valence-electron chi connectivity index (χ1n) is 9.11. The van der Waals surface area contributed by atoms with E-state index in [4.69, 9.17) is 12.8 Å². The van der Waals surface area contributed by atoms with E-state index in [-0.39, 0.29) is 5.92 Å². The number of carbonyl (C=O) groups is 1. The Morgan fingerprint density at radius 1 is 0.724 bits per heavy atom.